The number of nitrogens with one attached hydrogen (secondary N) is 2. The van der Waals surface area contributed by atoms with E-state index in [-0.39, 0.29) is 34.5 Å². The van der Waals surface area contributed by atoms with Gasteiger partial charge in [-0.05, 0) is 32.9 Å². The molecule has 0 bridgehead atoms. The van der Waals surface area contributed by atoms with Crippen molar-refractivity contribution in [2.75, 3.05) is 6.54 Å². The molecule has 1 heterocycles. The summed E-state index contributed by atoms with van der Waals surface area (Å²) in [7, 11) is -3.75. The number of hydrogen-bond acceptors (Lipinski definition) is 4. The number of aromatic nitrogens is 1. The highest BCUT2D eigenvalue weighted by atomic mass is 35.5. The maximum Gasteiger partial charge on any atom is 0.243 e. The average molecular weight is 320 g/mol. The van der Waals surface area contributed by atoms with Crippen LogP contribution in [0.5, 0.6) is 0 Å². The van der Waals surface area contributed by atoms with E-state index >= 15 is 0 Å². The molecule has 0 aliphatic rings. The molecule has 1 aromatic heterocycles. The van der Waals surface area contributed by atoms with E-state index < -0.39 is 10.0 Å². The van der Waals surface area contributed by atoms with Gasteiger partial charge in [0.15, 0.2) is 0 Å². The standard InChI is InChI=1S/C12H18ClN3O3S/c1-12(2,3)16-10(17)6-8-15-20(18,19)9-5-4-7-14-11(9)13/h4-5,7,15H,6,8H2,1-3H3,(H,16,17). The molecule has 2 N–H and O–H groups in total. The topological polar surface area (TPSA) is 88.2 Å². The summed E-state index contributed by atoms with van der Waals surface area (Å²) in [6.07, 6.45) is 1.45. The summed E-state index contributed by atoms with van der Waals surface area (Å²) in [6, 6.07) is 2.83. The van der Waals surface area contributed by atoms with Crippen molar-refractivity contribution in [3.05, 3.63) is 23.5 Å². The molecule has 6 nitrogen and oxygen atoms in total. The molecule has 0 unspecified atom stereocenters. The Bertz CT molecular complexity index is 582. The molecule has 0 saturated heterocycles. The summed E-state index contributed by atoms with van der Waals surface area (Å²) < 4.78 is 26.2. The zero-order chi connectivity index (χ0) is 15.4. The molecule has 0 fully saturated rings. The number of amides is 1. The maximum atomic E-state index is 12.0. The van der Waals surface area contributed by atoms with Gasteiger partial charge >= 0.3 is 0 Å². The Morgan fingerprint density at radius 2 is 2.05 bits per heavy atom. The monoisotopic (exact) mass is 319 g/mol. The van der Waals surface area contributed by atoms with Gasteiger partial charge in [0, 0.05) is 24.7 Å². The van der Waals surface area contributed by atoms with Crippen LogP contribution in [0, 0.1) is 0 Å². The predicted octanol–water partition coefficient (Wildman–Crippen LogP) is 1.32. The van der Waals surface area contributed by atoms with Crippen molar-refractivity contribution in [2.45, 2.75) is 37.6 Å². The minimum Gasteiger partial charge on any atom is -0.351 e. The van der Waals surface area contributed by atoms with Crippen molar-refractivity contribution >= 4 is 27.5 Å². The van der Waals surface area contributed by atoms with Gasteiger partial charge < -0.3 is 5.32 Å². The van der Waals surface area contributed by atoms with Crippen LogP contribution in [-0.4, -0.2) is 31.4 Å². The first-order valence-corrected chi connectivity index (χ1v) is 7.89. The highest BCUT2D eigenvalue weighted by Crippen LogP contribution is 2.17. The summed E-state index contributed by atoms with van der Waals surface area (Å²) in [5.41, 5.74) is -0.345. The average Bonchev–Trinajstić information content (AvgIpc) is 2.26. The van der Waals surface area contributed by atoms with Crippen LogP contribution < -0.4 is 10.0 Å². The SMILES string of the molecule is CC(C)(C)NC(=O)CCNS(=O)(=O)c1cccnc1Cl. The second-order valence-electron chi connectivity index (χ2n) is 5.24. The normalized spacial score (nSPS) is 12.2. The number of carbonyl (C=O) groups is 1. The third-order valence-electron chi connectivity index (χ3n) is 2.17. The van der Waals surface area contributed by atoms with Crippen molar-refractivity contribution < 1.29 is 13.2 Å². The van der Waals surface area contributed by atoms with Gasteiger partial charge in [0.05, 0.1) is 0 Å². The first kappa shape index (κ1) is 16.9. The first-order valence-electron chi connectivity index (χ1n) is 6.03. The van der Waals surface area contributed by atoms with Gasteiger partial charge in [-0.1, -0.05) is 11.6 Å². The fourth-order valence-electron chi connectivity index (χ4n) is 1.43. The highest BCUT2D eigenvalue weighted by Gasteiger charge is 2.19. The summed E-state index contributed by atoms with van der Waals surface area (Å²) in [5, 5.41) is 2.65. The Morgan fingerprint density at radius 3 is 2.60 bits per heavy atom. The minimum absolute atomic E-state index is 0.00449. The molecule has 0 spiro atoms. The second-order valence-corrected chi connectivity index (χ2v) is 7.33. The van der Waals surface area contributed by atoms with E-state index in [2.05, 4.69) is 15.0 Å². The molecule has 0 aliphatic carbocycles. The lowest BCUT2D eigenvalue weighted by molar-refractivity contribution is -0.122. The molecule has 1 rings (SSSR count). The van der Waals surface area contributed by atoms with Crippen LogP contribution >= 0.6 is 11.6 Å². The van der Waals surface area contributed by atoms with Crippen LogP contribution in [0.1, 0.15) is 27.2 Å². The lowest BCUT2D eigenvalue weighted by Gasteiger charge is -2.20. The third-order valence-corrected chi connectivity index (χ3v) is 4.08. The minimum atomic E-state index is -3.75. The van der Waals surface area contributed by atoms with E-state index in [0.29, 0.717) is 0 Å². The van der Waals surface area contributed by atoms with Gasteiger partial charge in [-0.15, -0.1) is 0 Å². The Balaban J connectivity index is 2.58. The number of halogens is 1. The van der Waals surface area contributed by atoms with Crippen LogP contribution in [0.25, 0.3) is 0 Å². The van der Waals surface area contributed by atoms with Crippen molar-refractivity contribution in [2.24, 2.45) is 0 Å². The largest absolute Gasteiger partial charge is 0.351 e. The summed E-state index contributed by atoms with van der Waals surface area (Å²) in [6.45, 7) is 5.55. The number of rotatable bonds is 5. The number of nitrogens with zero attached hydrogens (tertiary/aromatic N) is 1. The van der Waals surface area contributed by atoms with E-state index in [0.717, 1.165) is 0 Å². The van der Waals surface area contributed by atoms with Gasteiger partial charge in [-0.3, -0.25) is 4.79 Å². The molecule has 112 valence electrons. The van der Waals surface area contributed by atoms with Crippen molar-refractivity contribution in [3.8, 4) is 0 Å². The van der Waals surface area contributed by atoms with E-state index in [1.807, 2.05) is 20.8 Å². The van der Waals surface area contributed by atoms with Crippen LogP contribution in [-0.2, 0) is 14.8 Å². The number of carbonyl (C=O) groups excluding carboxylic acids is 1. The van der Waals surface area contributed by atoms with Crippen molar-refractivity contribution in [3.63, 3.8) is 0 Å². The zero-order valence-corrected chi connectivity index (χ0v) is 13.2. The van der Waals surface area contributed by atoms with Gasteiger partial charge in [0.25, 0.3) is 0 Å². The number of sulfonamides is 1. The Morgan fingerprint density at radius 1 is 1.40 bits per heavy atom. The van der Waals surface area contributed by atoms with Gasteiger partial charge in [-0.25, -0.2) is 18.1 Å². The quantitative estimate of drug-likeness (QED) is 0.801. The molecule has 20 heavy (non-hydrogen) atoms. The van der Waals surface area contributed by atoms with E-state index in [1.54, 1.807) is 0 Å². The lowest BCUT2D eigenvalue weighted by Crippen LogP contribution is -2.41. The Hall–Kier alpha value is -1.18. The molecule has 1 amide bonds. The number of hydrogen-bond donors (Lipinski definition) is 2. The number of pyridine rings is 1. The molecule has 8 heteroatoms. The highest BCUT2D eigenvalue weighted by molar-refractivity contribution is 7.89. The van der Waals surface area contributed by atoms with Crippen molar-refractivity contribution in [1.82, 2.24) is 15.0 Å². The molecule has 0 radical (unpaired) electrons. The molecular weight excluding hydrogens is 302 g/mol. The fourth-order valence-corrected chi connectivity index (χ4v) is 2.91. The molecule has 0 atom stereocenters. The second kappa shape index (κ2) is 6.51. The molecule has 0 aromatic carbocycles. The third kappa shape index (κ3) is 5.44. The van der Waals surface area contributed by atoms with Crippen LogP contribution in [0.3, 0.4) is 0 Å². The summed E-state index contributed by atoms with van der Waals surface area (Å²) in [5.74, 6) is -0.225. The fraction of sp³-hybridized carbons (Fsp3) is 0.500. The zero-order valence-electron chi connectivity index (χ0n) is 11.6. The Labute approximate surface area is 124 Å². The van der Waals surface area contributed by atoms with Crippen LogP contribution in [0.2, 0.25) is 5.15 Å². The molecular formula is C12H18ClN3O3S. The van der Waals surface area contributed by atoms with Gasteiger partial charge in [0.2, 0.25) is 15.9 Å². The molecule has 1 aromatic rings. The van der Waals surface area contributed by atoms with E-state index in [1.165, 1.54) is 18.3 Å². The molecule has 0 saturated carbocycles. The van der Waals surface area contributed by atoms with Gasteiger partial charge in [-0.2, -0.15) is 0 Å². The maximum absolute atomic E-state index is 12.0. The first-order chi connectivity index (χ1) is 9.12. The Kier molecular flexibility index (Phi) is 5.50. The van der Waals surface area contributed by atoms with Gasteiger partial charge in [0.1, 0.15) is 10.0 Å². The lowest BCUT2D eigenvalue weighted by atomic mass is 10.1. The molecule has 0 aliphatic heterocycles. The summed E-state index contributed by atoms with van der Waals surface area (Å²) >= 11 is 5.73. The van der Waals surface area contributed by atoms with Crippen molar-refractivity contribution in [1.29, 1.82) is 0 Å². The van der Waals surface area contributed by atoms with E-state index in [9.17, 15) is 13.2 Å². The summed E-state index contributed by atoms with van der Waals surface area (Å²) in [4.78, 5) is 15.2. The predicted molar refractivity (Wildman–Crippen MR) is 76.9 cm³/mol. The van der Waals surface area contributed by atoms with E-state index in [4.69, 9.17) is 11.6 Å². The smallest absolute Gasteiger partial charge is 0.243 e. The van der Waals surface area contributed by atoms with Crippen LogP contribution in [0.4, 0.5) is 0 Å². The van der Waals surface area contributed by atoms with Crippen LogP contribution in [0.15, 0.2) is 23.2 Å².